The molecule has 1 atom stereocenters. The van der Waals surface area contributed by atoms with Crippen molar-refractivity contribution < 1.29 is 9.59 Å². The third kappa shape index (κ3) is 8.02. The normalized spacial score (nSPS) is 12.0. The van der Waals surface area contributed by atoms with Gasteiger partial charge in [-0.1, -0.05) is 79.9 Å². The van der Waals surface area contributed by atoms with Crippen LogP contribution in [0.2, 0.25) is 10.0 Å². The van der Waals surface area contributed by atoms with E-state index in [0.717, 1.165) is 16.7 Å². The molecule has 0 aliphatic rings. The van der Waals surface area contributed by atoms with E-state index in [0.29, 0.717) is 41.2 Å². The molecule has 0 aromatic heterocycles. The second-order valence-corrected chi connectivity index (χ2v) is 10.1. The van der Waals surface area contributed by atoms with Crippen molar-refractivity contribution >= 4 is 46.8 Å². The van der Waals surface area contributed by atoms with Crippen molar-refractivity contribution in [2.24, 2.45) is 5.92 Å². The van der Waals surface area contributed by atoms with Gasteiger partial charge >= 0.3 is 0 Å². The van der Waals surface area contributed by atoms with E-state index in [1.54, 1.807) is 23.1 Å². The molecule has 2 aromatic carbocycles. The Bertz CT molecular complexity index is 900. The molecule has 0 saturated carbocycles. The number of carbonyl (C=O) groups is 2. The molecule has 2 aromatic rings. The number of halogens is 2. The summed E-state index contributed by atoms with van der Waals surface area (Å²) in [5.74, 6) is 0.918. The van der Waals surface area contributed by atoms with Gasteiger partial charge in [-0.3, -0.25) is 9.59 Å². The number of nitrogens with zero attached hydrogens (tertiary/aromatic N) is 1. The topological polar surface area (TPSA) is 49.4 Å². The van der Waals surface area contributed by atoms with Crippen molar-refractivity contribution in [3.8, 4) is 0 Å². The van der Waals surface area contributed by atoms with E-state index in [4.69, 9.17) is 23.2 Å². The van der Waals surface area contributed by atoms with Gasteiger partial charge in [-0.2, -0.15) is 0 Å². The molecule has 0 fully saturated rings. The van der Waals surface area contributed by atoms with Crippen LogP contribution in [0.3, 0.4) is 0 Å². The maximum atomic E-state index is 13.3. The highest BCUT2D eigenvalue weighted by Gasteiger charge is 2.28. The van der Waals surface area contributed by atoms with E-state index in [2.05, 4.69) is 11.4 Å². The Morgan fingerprint density at radius 3 is 2.34 bits per heavy atom. The fourth-order valence-electron chi connectivity index (χ4n) is 3.34. The minimum absolute atomic E-state index is 0.0776. The largest absolute Gasteiger partial charge is 0.354 e. The molecule has 0 spiro atoms. The highest BCUT2D eigenvalue weighted by Crippen LogP contribution is 2.28. The van der Waals surface area contributed by atoms with Gasteiger partial charge in [0.05, 0.1) is 5.75 Å². The minimum atomic E-state index is -0.522. The summed E-state index contributed by atoms with van der Waals surface area (Å²) >= 11 is 14.0. The van der Waals surface area contributed by atoms with Gasteiger partial charge in [-0.25, -0.2) is 0 Å². The molecule has 0 heterocycles. The van der Waals surface area contributed by atoms with Gasteiger partial charge in [0.25, 0.3) is 0 Å². The van der Waals surface area contributed by atoms with Crippen molar-refractivity contribution in [3.63, 3.8) is 0 Å². The summed E-state index contributed by atoms with van der Waals surface area (Å²) in [7, 11) is 0. The van der Waals surface area contributed by atoms with Gasteiger partial charge in [-0.05, 0) is 42.5 Å². The van der Waals surface area contributed by atoms with Crippen molar-refractivity contribution in [3.05, 3.63) is 69.2 Å². The second-order valence-electron chi connectivity index (χ2n) is 8.27. The average Bonchev–Trinajstić information content (AvgIpc) is 2.74. The van der Waals surface area contributed by atoms with Crippen LogP contribution in [0.15, 0.2) is 42.5 Å². The quantitative estimate of drug-likeness (QED) is 0.409. The molecular formula is C25H32Cl2N2O2S. The Balaban J connectivity index is 2.16. The van der Waals surface area contributed by atoms with E-state index in [1.807, 2.05) is 45.9 Å². The van der Waals surface area contributed by atoms with Crippen LogP contribution in [0.25, 0.3) is 0 Å². The minimum Gasteiger partial charge on any atom is -0.354 e. The smallest absolute Gasteiger partial charge is 0.242 e. The van der Waals surface area contributed by atoms with Crippen LogP contribution in [0.1, 0.15) is 43.9 Å². The SMILES string of the molecule is CC[C@@H](C(=O)NCC(C)C)N(Cc1cccc(C)c1)C(=O)CSCc1c(Cl)cccc1Cl. The maximum absolute atomic E-state index is 13.3. The zero-order valence-electron chi connectivity index (χ0n) is 19.2. The van der Waals surface area contributed by atoms with E-state index in [9.17, 15) is 9.59 Å². The molecule has 0 unspecified atom stereocenters. The van der Waals surface area contributed by atoms with Crippen molar-refractivity contribution in [1.29, 1.82) is 0 Å². The summed E-state index contributed by atoms with van der Waals surface area (Å²) in [4.78, 5) is 27.9. The van der Waals surface area contributed by atoms with Gasteiger partial charge < -0.3 is 10.2 Å². The number of hydrogen-bond donors (Lipinski definition) is 1. The number of carbonyl (C=O) groups excluding carboxylic acids is 2. The number of amides is 2. The van der Waals surface area contributed by atoms with Crippen LogP contribution in [-0.4, -0.2) is 35.1 Å². The van der Waals surface area contributed by atoms with Gasteiger partial charge in [0.2, 0.25) is 11.8 Å². The molecule has 0 radical (unpaired) electrons. The molecule has 0 saturated heterocycles. The lowest BCUT2D eigenvalue weighted by molar-refractivity contribution is -0.139. The van der Waals surface area contributed by atoms with E-state index < -0.39 is 6.04 Å². The van der Waals surface area contributed by atoms with Crippen molar-refractivity contribution in [2.45, 2.75) is 52.5 Å². The van der Waals surface area contributed by atoms with Crippen LogP contribution >= 0.6 is 35.0 Å². The molecule has 0 aliphatic heterocycles. The summed E-state index contributed by atoms with van der Waals surface area (Å²) < 4.78 is 0. The van der Waals surface area contributed by atoms with Gasteiger partial charge in [0, 0.05) is 28.9 Å². The van der Waals surface area contributed by atoms with Crippen LogP contribution in [0.5, 0.6) is 0 Å². The lowest BCUT2D eigenvalue weighted by atomic mass is 10.1. The first kappa shape index (κ1) is 26.6. The lowest BCUT2D eigenvalue weighted by Gasteiger charge is -2.31. The molecule has 0 bridgehead atoms. The van der Waals surface area contributed by atoms with Crippen LogP contribution in [0.4, 0.5) is 0 Å². The summed E-state index contributed by atoms with van der Waals surface area (Å²) in [6, 6.07) is 12.9. The zero-order chi connectivity index (χ0) is 23.7. The Morgan fingerprint density at radius 1 is 1.09 bits per heavy atom. The van der Waals surface area contributed by atoms with Gasteiger partial charge in [-0.15, -0.1) is 11.8 Å². The number of nitrogens with one attached hydrogen (secondary N) is 1. The van der Waals surface area contributed by atoms with Crippen LogP contribution < -0.4 is 5.32 Å². The van der Waals surface area contributed by atoms with E-state index in [-0.39, 0.29) is 17.6 Å². The molecule has 0 aliphatic carbocycles. The van der Waals surface area contributed by atoms with Crippen LogP contribution in [0, 0.1) is 12.8 Å². The molecule has 2 rings (SSSR count). The summed E-state index contributed by atoms with van der Waals surface area (Å²) in [6.45, 7) is 9.03. The third-order valence-corrected chi connectivity index (χ3v) is 6.69. The molecule has 2 amide bonds. The molecular weight excluding hydrogens is 463 g/mol. The number of hydrogen-bond acceptors (Lipinski definition) is 3. The first-order valence-corrected chi connectivity index (χ1v) is 12.8. The van der Waals surface area contributed by atoms with E-state index >= 15 is 0 Å². The molecule has 174 valence electrons. The zero-order valence-corrected chi connectivity index (χ0v) is 21.5. The standard InChI is InChI=1S/C25H32Cl2N2O2S/c1-5-23(25(31)28-13-17(2)3)29(14-19-9-6-8-18(4)12-19)24(30)16-32-15-20-21(26)10-7-11-22(20)27/h6-12,17,23H,5,13-16H2,1-4H3,(H,28,31)/t23-/m0/s1. The first-order valence-electron chi connectivity index (χ1n) is 10.9. The van der Waals surface area contributed by atoms with Gasteiger partial charge in [0.1, 0.15) is 6.04 Å². The fraction of sp³-hybridized carbons (Fsp3) is 0.440. The van der Waals surface area contributed by atoms with Crippen LogP contribution in [-0.2, 0) is 21.9 Å². The highest BCUT2D eigenvalue weighted by molar-refractivity contribution is 7.99. The molecule has 1 N–H and O–H groups in total. The number of benzene rings is 2. The first-order chi connectivity index (χ1) is 15.2. The van der Waals surface area contributed by atoms with Crippen molar-refractivity contribution in [2.75, 3.05) is 12.3 Å². The monoisotopic (exact) mass is 494 g/mol. The Morgan fingerprint density at radius 2 is 1.75 bits per heavy atom. The fourth-order valence-corrected chi connectivity index (χ4v) is 4.99. The Hall–Kier alpha value is -1.69. The average molecular weight is 496 g/mol. The highest BCUT2D eigenvalue weighted by atomic mass is 35.5. The summed E-state index contributed by atoms with van der Waals surface area (Å²) in [5, 5.41) is 4.17. The maximum Gasteiger partial charge on any atom is 0.242 e. The Labute approximate surface area is 206 Å². The number of thioether (sulfide) groups is 1. The molecule has 4 nitrogen and oxygen atoms in total. The third-order valence-electron chi connectivity index (χ3n) is 5.04. The number of rotatable bonds is 11. The van der Waals surface area contributed by atoms with Gasteiger partial charge in [0.15, 0.2) is 0 Å². The number of aryl methyl sites for hydroxylation is 1. The summed E-state index contributed by atoms with van der Waals surface area (Å²) in [6.07, 6.45) is 0.544. The van der Waals surface area contributed by atoms with E-state index in [1.165, 1.54) is 11.8 Å². The second kappa shape index (κ2) is 13.1. The molecule has 7 heteroatoms. The predicted octanol–water partition coefficient (Wildman–Crippen LogP) is 6.11. The Kier molecular flexibility index (Phi) is 10.9. The summed E-state index contributed by atoms with van der Waals surface area (Å²) in [5.41, 5.74) is 2.95. The van der Waals surface area contributed by atoms with Crippen molar-refractivity contribution in [1.82, 2.24) is 10.2 Å². The predicted molar refractivity (Wildman–Crippen MR) is 136 cm³/mol. The lowest BCUT2D eigenvalue weighted by Crippen LogP contribution is -2.50. The molecule has 32 heavy (non-hydrogen) atoms.